The Morgan fingerprint density at radius 3 is 1.16 bits per heavy atom. The molecule has 1 heterocycles. The van der Waals surface area contributed by atoms with Crippen LogP contribution in [0.5, 0.6) is 0 Å². The van der Waals surface area contributed by atoms with Gasteiger partial charge in [0.2, 0.25) is 11.6 Å². The van der Waals surface area contributed by atoms with Crippen molar-refractivity contribution < 1.29 is 23.6 Å². The molecule has 0 fully saturated rings. The van der Waals surface area contributed by atoms with E-state index in [0.717, 1.165) is 25.4 Å². The Balaban J connectivity index is 0.000000290. The van der Waals surface area contributed by atoms with Crippen LogP contribution in [-0.4, -0.2) is 16.6 Å². The maximum absolute atomic E-state index is 12.4. The summed E-state index contributed by atoms with van der Waals surface area (Å²) in [7, 11) is 0. The summed E-state index contributed by atoms with van der Waals surface area (Å²) in [6.07, 6.45) is 0. The summed E-state index contributed by atoms with van der Waals surface area (Å²) >= 11 is 1.07. The van der Waals surface area contributed by atoms with Crippen LogP contribution in [0.25, 0.3) is 0 Å². The molecule has 5 rings (SSSR count). The summed E-state index contributed by atoms with van der Waals surface area (Å²) in [6, 6.07) is 35.2. The van der Waals surface area contributed by atoms with Crippen molar-refractivity contribution >= 4 is 56.9 Å². The van der Waals surface area contributed by atoms with Crippen LogP contribution in [0, 0.1) is 27.7 Å². The average molecular weight is 746 g/mol. The van der Waals surface area contributed by atoms with Gasteiger partial charge in [-0.2, -0.15) is 0 Å². The van der Waals surface area contributed by atoms with Gasteiger partial charge in [-0.25, -0.2) is 4.98 Å². The number of carbonyl (C=O) groups excluding carboxylic acids is 2. The van der Waals surface area contributed by atoms with Crippen LogP contribution in [0.2, 0.25) is 0 Å². The molecule has 0 saturated carbocycles. The van der Waals surface area contributed by atoms with Gasteiger partial charge < -0.3 is 0 Å². The quantitative estimate of drug-likeness (QED) is 0.128. The molecule has 0 bridgehead atoms. The smallest absolute Gasteiger partial charge is 0.211 e. The van der Waals surface area contributed by atoms with Crippen LogP contribution >= 0.6 is 34.0 Å². The van der Waals surface area contributed by atoms with E-state index < -0.39 is 0 Å². The van der Waals surface area contributed by atoms with Crippen LogP contribution < -0.4 is 0 Å². The molecule has 0 amide bonds. The van der Waals surface area contributed by atoms with Gasteiger partial charge in [0.1, 0.15) is 11.4 Å². The van der Waals surface area contributed by atoms with Gasteiger partial charge in [-0.15, -0.1) is 34.0 Å². The predicted octanol–water partition coefficient (Wildman–Crippen LogP) is 10.0. The van der Waals surface area contributed by atoms with Crippen molar-refractivity contribution in [3.8, 4) is 0 Å². The normalized spacial score (nSPS) is 9.86. The number of ketones is 2. The Kier molecular flexibility index (Phi) is 14.5. The van der Waals surface area contributed by atoms with Crippen molar-refractivity contribution in [2.24, 2.45) is 8.06 Å². The molecule has 0 saturated heterocycles. The van der Waals surface area contributed by atoms with Gasteiger partial charge >= 0.3 is 120 Å². The fourth-order valence-electron chi connectivity index (χ4n) is 4.08. The molecule has 0 radical (unpaired) electrons. The summed E-state index contributed by atoms with van der Waals surface area (Å²) in [4.78, 5) is 29.0. The van der Waals surface area contributed by atoms with Crippen molar-refractivity contribution in [3.05, 3.63) is 160 Å². The SMILES string of the molecule is Br.Br.Cc1cccc(C)c1[N]=[Ni]=[N]c1c(C)cccc1C.O=C(c1ccccc1)c1cccc(C(=O)c2ccccc2)n1. The first-order valence-corrected chi connectivity index (χ1v) is 14.0. The van der Waals surface area contributed by atoms with E-state index in [1.165, 1.54) is 22.3 Å². The van der Waals surface area contributed by atoms with E-state index in [2.05, 4.69) is 77.1 Å². The van der Waals surface area contributed by atoms with E-state index >= 15 is 0 Å². The molecule has 0 spiro atoms. The summed E-state index contributed by atoms with van der Waals surface area (Å²) in [5.74, 6) is -0.383. The molecule has 4 aromatic carbocycles. The van der Waals surface area contributed by atoms with Gasteiger partial charge in [-0.05, 0) is 12.1 Å². The van der Waals surface area contributed by atoms with E-state index in [-0.39, 0.29) is 56.9 Å². The first-order valence-electron chi connectivity index (χ1n) is 13.1. The number of nitrogens with zero attached hydrogens (tertiary/aromatic N) is 3. The molecule has 1 aromatic heterocycles. The zero-order valence-electron chi connectivity index (χ0n) is 24.3. The molecule has 0 N–H and O–H groups in total. The number of benzene rings is 4. The Morgan fingerprint density at radius 2 is 0.814 bits per heavy atom. The molecule has 0 aliphatic carbocycles. The molecule has 0 aliphatic heterocycles. The monoisotopic (exact) mass is 743 g/mol. The summed E-state index contributed by atoms with van der Waals surface area (Å²) in [5, 5.41) is 0. The summed E-state index contributed by atoms with van der Waals surface area (Å²) < 4.78 is 9.11. The molecule has 0 atom stereocenters. The number of halogens is 2. The van der Waals surface area contributed by atoms with Crippen molar-refractivity contribution in [1.29, 1.82) is 0 Å². The summed E-state index contributed by atoms with van der Waals surface area (Å²) in [5.41, 5.74) is 8.49. The number of hydrogen-bond donors (Lipinski definition) is 0. The van der Waals surface area contributed by atoms with E-state index in [0.29, 0.717) is 11.1 Å². The van der Waals surface area contributed by atoms with Gasteiger partial charge in [0, 0.05) is 11.1 Å². The van der Waals surface area contributed by atoms with Gasteiger partial charge in [0.05, 0.1) is 0 Å². The minimum absolute atomic E-state index is 0. The first kappa shape index (κ1) is 35.6. The number of aryl methyl sites for hydroxylation is 4. The van der Waals surface area contributed by atoms with Crippen molar-refractivity contribution in [2.75, 3.05) is 0 Å². The maximum atomic E-state index is 12.4. The van der Waals surface area contributed by atoms with Gasteiger partial charge in [0.25, 0.3) is 0 Å². The zero-order chi connectivity index (χ0) is 29.2. The number of aromatic nitrogens is 1. The first-order chi connectivity index (χ1) is 19.8. The topological polar surface area (TPSA) is 71.8 Å². The van der Waals surface area contributed by atoms with Gasteiger partial charge in [0.15, 0.2) is 0 Å². The molecular weight excluding hydrogens is 713 g/mol. The van der Waals surface area contributed by atoms with E-state index in [9.17, 15) is 9.59 Å². The zero-order valence-corrected chi connectivity index (χ0v) is 28.7. The van der Waals surface area contributed by atoms with Crippen LogP contribution in [0.4, 0.5) is 11.4 Å². The third kappa shape index (κ3) is 9.72. The van der Waals surface area contributed by atoms with E-state index in [4.69, 9.17) is 0 Å². The Labute approximate surface area is 279 Å². The summed E-state index contributed by atoms with van der Waals surface area (Å²) in [6.45, 7) is 8.31. The molecular formula is C35H33Br2N3NiO2. The average Bonchev–Trinajstić information content (AvgIpc) is 3.00. The minimum atomic E-state index is -0.191. The second-order valence-electron chi connectivity index (χ2n) is 9.48. The van der Waals surface area contributed by atoms with Crippen molar-refractivity contribution in [1.82, 2.24) is 4.98 Å². The molecule has 224 valence electrons. The number of hydrogen-bond acceptors (Lipinski definition) is 5. The molecule has 8 heteroatoms. The third-order valence-electron chi connectivity index (χ3n) is 6.37. The second kappa shape index (κ2) is 17.5. The largest absolute Gasteiger partial charge is 0.287 e. The fourth-order valence-corrected chi connectivity index (χ4v) is 5.02. The van der Waals surface area contributed by atoms with Gasteiger partial charge in [-0.1, -0.05) is 66.7 Å². The van der Waals surface area contributed by atoms with Crippen LogP contribution in [-0.2, 0) is 14.0 Å². The predicted molar refractivity (Wildman–Crippen MR) is 181 cm³/mol. The van der Waals surface area contributed by atoms with E-state index in [1.807, 2.05) is 12.1 Å². The molecule has 0 aliphatic rings. The van der Waals surface area contributed by atoms with Crippen LogP contribution in [0.1, 0.15) is 54.4 Å². The molecule has 5 nitrogen and oxygen atoms in total. The molecule has 0 unspecified atom stereocenters. The van der Waals surface area contributed by atoms with Gasteiger partial charge in [-0.3, -0.25) is 9.59 Å². The number of rotatable bonds is 6. The Bertz CT molecular complexity index is 1590. The molecule has 43 heavy (non-hydrogen) atoms. The van der Waals surface area contributed by atoms with Crippen LogP contribution in [0.15, 0.2) is 123 Å². The van der Waals surface area contributed by atoms with Crippen LogP contribution in [0.3, 0.4) is 0 Å². The maximum Gasteiger partial charge on any atom is 0.211 e. The van der Waals surface area contributed by atoms with Crippen molar-refractivity contribution in [3.63, 3.8) is 0 Å². The Morgan fingerprint density at radius 1 is 0.488 bits per heavy atom. The molecule has 5 aromatic rings. The Hall–Kier alpha value is -3.58. The van der Waals surface area contributed by atoms with Crippen molar-refractivity contribution in [2.45, 2.75) is 27.7 Å². The minimum Gasteiger partial charge on any atom is -0.287 e. The van der Waals surface area contributed by atoms with E-state index in [1.54, 1.807) is 66.7 Å². The fraction of sp³-hybridized carbons (Fsp3) is 0.114. The number of carbonyl (C=O) groups is 2. The third-order valence-corrected chi connectivity index (χ3v) is 7.01. The standard InChI is InChI=1S/C19H13NO2.2C8H9N.2BrH.Ni/c21-18(14-8-3-1-4-9-14)16-12-7-13-17(20-16)19(22)15-10-5-2-6-11-15;2*1-6-4-3-5-7(2)8(6)9;;;/h1-13H;2*3-5H,1-2H3;2*1H;. The number of pyridine rings is 1. The second-order valence-corrected chi connectivity index (χ2v) is 10.1.